The molecule has 0 aliphatic carbocycles. The highest BCUT2D eigenvalue weighted by Crippen LogP contribution is 2.38. The maximum atomic E-state index is 13.3. The summed E-state index contributed by atoms with van der Waals surface area (Å²) in [5.41, 5.74) is 6.39. The molecule has 1 N–H and O–H groups in total. The molecule has 2 amide bonds. The SMILES string of the molecule is CC[C@@H](Oc1ccc2c(c1)[C@H](c1ccc(C)cc1)N(C(=O)CC(C)C)CC2)C(=O)Nc1cccc(C)c1. The summed E-state index contributed by atoms with van der Waals surface area (Å²) in [5.74, 6) is 0.927. The number of fused-ring (bicyclic) bond motifs is 1. The standard InChI is InChI=1S/C32H38N2O3/c1-6-29(32(36)33-26-9-7-8-23(5)19-26)37-27-15-14-24-16-17-34(30(35)18-21(2)3)31(28(24)20-27)25-12-10-22(4)11-13-25/h7-15,19-21,29,31H,6,16-18H2,1-5H3,(H,33,36)/t29-,31+/m1/s1. The second kappa shape index (κ2) is 11.6. The zero-order chi connectivity index (χ0) is 26.5. The van der Waals surface area contributed by atoms with Gasteiger partial charge in [-0.25, -0.2) is 0 Å². The molecule has 194 valence electrons. The normalized spacial score (nSPS) is 15.7. The van der Waals surface area contributed by atoms with Crippen LogP contribution in [0.1, 0.15) is 67.5 Å². The van der Waals surface area contributed by atoms with Crippen LogP contribution >= 0.6 is 0 Å². The number of benzene rings is 3. The van der Waals surface area contributed by atoms with E-state index in [1.165, 1.54) is 11.1 Å². The molecule has 1 heterocycles. The van der Waals surface area contributed by atoms with E-state index in [4.69, 9.17) is 4.74 Å². The highest BCUT2D eigenvalue weighted by Gasteiger charge is 2.33. The first-order valence-electron chi connectivity index (χ1n) is 13.3. The molecule has 5 nitrogen and oxygen atoms in total. The average Bonchev–Trinajstić information content (AvgIpc) is 2.86. The van der Waals surface area contributed by atoms with E-state index in [0.717, 1.165) is 28.8 Å². The third kappa shape index (κ3) is 6.40. The lowest BCUT2D eigenvalue weighted by Gasteiger charge is -2.38. The van der Waals surface area contributed by atoms with E-state index in [-0.39, 0.29) is 17.9 Å². The van der Waals surface area contributed by atoms with Crippen molar-refractivity contribution in [2.75, 3.05) is 11.9 Å². The van der Waals surface area contributed by atoms with Crippen LogP contribution in [0, 0.1) is 19.8 Å². The number of hydrogen-bond donors (Lipinski definition) is 1. The molecule has 4 rings (SSSR count). The Labute approximate surface area is 220 Å². The van der Waals surface area contributed by atoms with E-state index >= 15 is 0 Å². The van der Waals surface area contributed by atoms with Crippen molar-refractivity contribution in [3.8, 4) is 5.75 Å². The molecule has 0 saturated carbocycles. The Morgan fingerprint density at radius 1 is 1.00 bits per heavy atom. The highest BCUT2D eigenvalue weighted by molar-refractivity contribution is 5.94. The van der Waals surface area contributed by atoms with Crippen molar-refractivity contribution in [1.29, 1.82) is 0 Å². The number of nitrogens with one attached hydrogen (secondary N) is 1. The fourth-order valence-electron chi connectivity index (χ4n) is 4.94. The van der Waals surface area contributed by atoms with Crippen LogP contribution in [0.15, 0.2) is 66.7 Å². The molecule has 37 heavy (non-hydrogen) atoms. The largest absolute Gasteiger partial charge is 0.481 e. The quantitative estimate of drug-likeness (QED) is 0.380. The summed E-state index contributed by atoms with van der Waals surface area (Å²) in [4.78, 5) is 28.3. The van der Waals surface area contributed by atoms with Gasteiger partial charge >= 0.3 is 0 Å². The number of carbonyl (C=O) groups excluding carboxylic acids is 2. The summed E-state index contributed by atoms with van der Waals surface area (Å²) >= 11 is 0. The maximum Gasteiger partial charge on any atom is 0.265 e. The monoisotopic (exact) mass is 498 g/mol. The van der Waals surface area contributed by atoms with Gasteiger partial charge in [-0.15, -0.1) is 0 Å². The van der Waals surface area contributed by atoms with Gasteiger partial charge in [0.15, 0.2) is 6.10 Å². The molecule has 1 aliphatic rings. The van der Waals surface area contributed by atoms with E-state index in [0.29, 0.717) is 31.1 Å². The molecule has 0 bridgehead atoms. The minimum atomic E-state index is -0.626. The molecular weight excluding hydrogens is 460 g/mol. The summed E-state index contributed by atoms with van der Waals surface area (Å²) in [6.45, 7) is 10.9. The maximum absolute atomic E-state index is 13.3. The molecule has 3 aromatic carbocycles. The van der Waals surface area contributed by atoms with Crippen LogP contribution in [0.2, 0.25) is 0 Å². The van der Waals surface area contributed by atoms with Crippen molar-refractivity contribution in [1.82, 2.24) is 4.90 Å². The van der Waals surface area contributed by atoms with Crippen LogP contribution < -0.4 is 10.1 Å². The van der Waals surface area contributed by atoms with E-state index in [2.05, 4.69) is 56.4 Å². The first-order chi connectivity index (χ1) is 17.7. The lowest BCUT2D eigenvalue weighted by Crippen LogP contribution is -2.41. The van der Waals surface area contributed by atoms with Gasteiger partial charge in [0, 0.05) is 18.7 Å². The Morgan fingerprint density at radius 2 is 1.76 bits per heavy atom. The fraction of sp³-hybridized carbons (Fsp3) is 0.375. The molecule has 2 atom stereocenters. The Kier molecular flexibility index (Phi) is 8.32. The van der Waals surface area contributed by atoms with Gasteiger partial charge in [-0.2, -0.15) is 0 Å². The number of ether oxygens (including phenoxy) is 1. The van der Waals surface area contributed by atoms with Crippen LogP contribution in [0.3, 0.4) is 0 Å². The molecule has 0 fully saturated rings. The lowest BCUT2D eigenvalue weighted by atomic mass is 9.87. The minimum Gasteiger partial charge on any atom is -0.481 e. The predicted molar refractivity (Wildman–Crippen MR) is 149 cm³/mol. The smallest absolute Gasteiger partial charge is 0.265 e. The van der Waals surface area contributed by atoms with E-state index < -0.39 is 6.10 Å². The number of carbonyl (C=O) groups is 2. The van der Waals surface area contributed by atoms with E-state index in [1.54, 1.807) is 0 Å². The van der Waals surface area contributed by atoms with Gasteiger partial charge in [-0.1, -0.05) is 68.8 Å². The molecule has 0 radical (unpaired) electrons. The van der Waals surface area contributed by atoms with Crippen LogP contribution in [0.25, 0.3) is 0 Å². The number of aryl methyl sites for hydroxylation is 2. The van der Waals surface area contributed by atoms with Gasteiger partial charge in [0.25, 0.3) is 5.91 Å². The van der Waals surface area contributed by atoms with Gasteiger partial charge in [0.2, 0.25) is 5.91 Å². The molecule has 0 spiro atoms. The van der Waals surface area contributed by atoms with Crippen molar-refractivity contribution < 1.29 is 14.3 Å². The number of rotatable bonds is 8. The number of hydrogen-bond acceptors (Lipinski definition) is 3. The summed E-state index contributed by atoms with van der Waals surface area (Å²) in [7, 11) is 0. The summed E-state index contributed by atoms with van der Waals surface area (Å²) in [5, 5.41) is 2.98. The highest BCUT2D eigenvalue weighted by atomic mass is 16.5. The van der Waals surface area contributed by atoms with Crippen LogP contribution in [-0.4, -0.2) is 29.4 Å². The second-order valence-corrected chi connectivity index (χ2v) is 10.5. The lowest BCUT2D eigenvalue weighted by molar-refractivity contribution is -0.134. The van der Waals surface area contributed by atoms with Gasteiger partial charge in [0.1, 0.15) is 5.75 Å². The molecular formula is C32H38N2O3. The fourth-order valence-corrected chi connectivity index (χ4v) is 4.94. The minimum absolute atomic E-state index is 0.168. The topological polar surface area (TPSA) is 58.6 Å². The number of anilines is 1. The zero-order valence-electron chi connectivity index (χ0n) is 22.6. The Morgan fingerprint density at radius 3 is 2.43 bits per heavy atom. The van der Waals surface area contributed by atoms with E-state index in [9.17, 15) is 9.59 Å². The zero-order valence-corrected chi connectivity index (χ0v) is 22.6. The Bertz CT molecular complexity index is 1250. The van der Waals surface area contributed by atoms with Crippen molar-refractivity contribution in [3.05, 3.63) is 94.5 Å². The van der Waals surface area contributed by atoms with Gasteiger partial charge in [-0.05, 0) is 79.1 Å². The van der Waals surface area contributed by atoms with Gasteiger partial charge in [-0.3, -0.25) is 9.59 Å². The predicted octanol–water partition coefficient (Wildman–Crippen LogP) is 6.62. The molecule has 0 saturated heterocycles. The molecule has 1 aliphatic heterocycles. The van der Waals surface area contributed by atoms with Crippen molar-refractivity contribution in [2.24, 2.45) is 5.92 Å². The van der Waals surface area contributed by atoms with Gasteiger partial charge < -0.3 is 15.0 Å². The summed E-state index contributed by atoms with van der Waals surface area (Å²) in [6.07, 6.45) is 1.23. The summed E-state index contributed by atoms with van der Waals surface area (Å²) in [6, 6.07) is 22.0. The van der Waals surface area contributed by atoms with Crippen molar-refractivity contribution in [2.45, 2.75) is 66.0 Å². The van der Waals surface area contributed by atoms with Crippen LogP contribution in [0.4, 0.5) is 5.69 Å². The second-order valence-electron chi connectivity index (χ2n) is 10.5. The molecule has 0 unspecified atom stereocenters. The Balaban J connectivity index is 1.63. The first kappa shape index (κ1) is 26.5. The van der Waals surface area contributed by atoms with Crippen molar-refractivity contribution >= 4 is 17.5 Å². The van der Waals surface area contributed by atoms with Crippen LogP contribution in [0.5, 0.6) is 5.75 Å². The average molecular weight is 499 g/mol. The molecule has 3 aromatic rings. The van der Waals surface area contributed by atoms with Gasteiger partial charge in [0.05, 0.1) is 6.04 Å². The Hall–Kier alpha value is -3.60. The summed E-state index contributed by atoms with van der Waals surface area (Å²) < 4.78 is 6.24. The first-order valence-corrected chi connectivity index (χ1v) is 13.3. The molecule has 0 aromatic heterocycles. The third-order valence-electron chi connectivity index (χ3n) is 6.87. The third-order valence-corrected chi connectivity index (χ3v) is 6.87. The van der Waals surface area contributed by atoms with Crippen LogP contribution in [-0.2, 0) is 16.0 Å². The van der Waals surface area contributed by atoms with Crippen molar-refractivity contribution in [3.63, 3.8) is 0 Å². The molecule has 5 heteroatoms. The van der Waals surface area contributed by atoms with E-state index in [1.807, 2.05) is 55.1 Å². The number of nitrogens with zero attached hydrogens (tertiary/aromatic N) is 1. The number of amides is 2.